The fourth-order valence-corrected chi connectivity index (χ4v) is 3.23. The number of hydrogen-bond donors (Lipinski definition) is 2. The lowest BCUT2D eigenvalue weighted by atomic mass is 10.0. The summed E-state index contributed by atoms with van der Waals surface area (Å²) in [6.45, 7) is 1.81. The van der Waals surface area contributed by atoms with Crippen molar-refractivity contribution in [3.63, 3.8) is 0 Å². The molecule has 0 unspecified atom stereocenters. The molecule has 1 fully saturated rings. The summed E-state index contributed by atoms with van der Waals surface area (Å²) in [4.78, 5) is 25.1. The number of hydrogen-bond acceptors (Lipinski definition) is 4. The summed E-state index contributed by atoms with van der Waals surface area (Å²) in [7, 11) is 1.56. The molecule has 1 aliphatic carbocycles. The first-order chi connectivity index (χ1) is 14.4. The Labute approximate surface area is 185 Å². The van der Waals surface area contributed by atoms with Crippen molar-refractivity contribution in [2.24, 2.45) is 5.92 Å². The van der Waals surface area contributed by atoms with E-state index in [2.05, 4.69) is 10.6 Å². The average molecular weight is 452 g/mol. The molecule has 0 spiro atoms. The highest BCUT2D eigenvalue weighted by Crippen LogP contribution is 2.24. The summed E-state index contributed by atoms with van der Waals surface area (Å²) in [6, 6.07) is 4.86. The Kier molecular flexibility index (Phi) is 7.65. The minimum absolute atomic E-state index is 0.143. The number of carbonyl (C=O) groups is 2. The van der Waals surface area contributed by atoms with Crippen LogP contribution < -0.4 is 10.6 Å². The molecule has 3 rings (SSSR count). The normalized spacial score (nSPS) is 16.0. The van der Waals surface area contributed by atoms with Gasteiger partial charge >= 0.3 is 12.1 Å². The van der Waals surface area contributed by atoms with Crippen molar-refractivity contribution in [3.05, 3.63) is 69.6 Å². The summed E-state index contributed by atoms with van der Waals surface area (Å²) >= 11 is 11.8. The highest BCUT2D eigenvalue weighted by Gasteiger charge is 2.32. The number of likely N-dealkylation sites (tertiary alicyclic amines) is 1. The van der Waals surface area contributed by atoms with E-state index in [1.54, 1.807) is 36.2 Å². The number of nitrogens with zero attached hydrogens (tertiary/aromatic N) is 1. The monoisotopic (exact) mass is 451 g/mol. The number of nitrogens with one attached hydrogen (secondary N) is 2. The third kappa shape index (κ3) is 6.18. The van der Waals surface area contributed by atoms with Crippen LogP contribution in [0.4, 0.5) is 9.59 Å². The van der Waals surface area contributed by atoms with Crippen LogP contribution >= 0.6 is 23.2 Å². The van der Waals surface area contributed by atoms with Crippen LogP contribution in [0.2, 0.25) is 10.0 Å². The van der Waals surface area contributed by atoms with E-state index in [1.165, 1.54) is 0 Å². The predicted octanol–water partition coefficient (Wildman–Crippen LogP) is 4.24. The number of halogens is 2. The molecule has 0 atom stereocenters. The maximum absolute atomic E-state index is 12.1. The standard InChI is InChI=1S/C21H23Cl2N3O4/c1-24-20(27)25-16-3-2-4-17(7-6-16)29-13-15-10-26(11-15)21(28)30-12-14-5-8-18(22)19(23)9-14/h3-9,15H,2,10-13H2,1H3,(H2,24,25,27). The molecule has 0 aromatic heterocycles. The highest BCUT2D eigenvalue weighted by atomic mass is 35.5. The number of carbonyl (C=O) groups excluding carboxylic acids is 2. The van der Waals surface area contributed by atoms with Gasteiger partial charge in [0.15, 0.2) is 0 Å². The first-order valence-corrected chi connectivity index (χ1v) is 10.3. The van der Waals surface area contributed by atoms with Crippen LogP contribution in [0.25, 0.3) is 0 Å². The maximum atomic E-state index is 12.1. The van der Waals surface area contributed by atoms with Gasteiger partial charge in [0.25, 0.3) is 0 Å². The van der Waals surface area contributed by atoms with Gasteiger partial charge in [-0.2, -0.15) is 0 Å². The quantitative estimate of drug-likeness (QED) is 0.677. The van der Waals surface area contributed by atoms with Gasteiger partial charge < -0.3 is 25.0 Å². The first-order valence-electron chi connectivity index (χ1n) is 9.50. The topological polar surface area (TPSA) is 79.9 Å². The van der Waals surface area contributed by atoms with Crippen LogP contribution in [0.5, 0.6) is 0 Å². The molecule has 30 heavy (non-hydrogen) atoms. The summed E-state index contributed by atoms with van der Waals surface area (Å²) in [5.41, 5.74) is 1.49. The lowest BCUT2D eigenvalue weighted by Crippen LogP contribution is -2.51. The van der Waals surface area contributed by atoms with Crippen LogP contribution in [-0.4, -0.2) is 43.8 Å². The molecule has 1 aromatic rings. The second-order valence-electron chi connectivity index (χ2n) is 6.92. The molecular weight excluding hydrogens is 429 g/mol. The van der Waals surface area contributed by atoms with Gasteiger partial charge in [-0.3, -0.25) is 0 Å². The van der Waals surface area contributed by atoms with E-state index in [0.717, 1.165) is 11.3 Å². The molecule has 160 valence electrons. The van der Waals surface area contributed by atoms with Crippen molar-refractivity contribution in [3.8, 4) is 0 Å². The largest absolute Gasteiger partial charge is 0.493 e. The van der Waals surface area contributed by atoms with Crippen LogP contribution in [0, 0.1) is 5.92 Å². The van der Waals surface area contributed by atoms with Crippen molar-refractivity contribution in [1.82, 2.24) is 15.5 Å². The number of ether oxygens (including phenoxy) is 2. The Morgan fingerprint density at radius 3 is 2.70 bits per heavy atom. The van der Waals surface area contributed by atoms with E-state index in [4.69, 9.17) is 32.7 Å². The molecule has 3 amide bonds. The first kappa shape index (κ1) is 22.1. The summed E-state index contributed by atoms with van der Waals surface area (Å²) in [5.74, 6) is 0.983. The maximum Gasteiger partial charge on any atom is 0.410 e. The average Bonchev–Trinajstić information content (AvgIpc) is 2.92. The fourth-order valence-electron chi connectivity index (χ4n) is 2.91. The van der Waals surface area contributed by atoms with Gasteiger partial charge in [0.05, 0.1) is 16.7 Å². The van der Waals surface area contributed by atoms with Crippen molar-refractivity contribution in [2.45, 2.75) is 13.0 Å². The fraction of sp³-hybridized carbons (Fsp3) is 0.333. The molecule has 0 saturated carbocycles. The molecule has 1 aliphatic heterocycles. The van der Waals surface area contributed by atoms with Crippen LogP contribution in [0.1, 0.15) is 12.0 Å². The van der Waals surface area contributed by atoms with E-state index in [1.807, 2.05) is 18.2 Å². The van der Waals surface area contributed by atoms with Crippen molar-refractivity contribution < 1.29 is 19.1 Å². The van der Waals surface area contributed by atoms with E-state index in [0.29, 0.717) is 41.9 Å². The zero-order valence-electron chi connectivity index (χ0n) is 16.5. The lowest BCUT2D eigenvalue weighted by molar-refractivity contribution is 0.0239. The SMILES string of the molecule is CNC(=O)NC1=CCC=C(OCC2CN(C(=O)OCc3ccc(Cl)c(Cl)c3)C2)C=C1. The van der Waals surface area contributed by atoms with Gasteiger partial charge in [0.2, 0.25) is 0 Å². The van der Waals surface area contributed by atoms with Crippen molar-refractivity contribution >= 4 is 35.3 Å². The van der Waals surface area contributed by atoms with E-state index < -0.39 is 0 Å². The van der Waals surface area contributed by atoms with Gasteiger partial charge in [-0.25, -0.2) is 9.59 Å². The molecule has 0 bridgehead atoms. The van der Waals surface area contributed by atoms with Crippen molar-refractivity contribution in [2.75, 3.05) is 26.7 Å². The lowest BCUT2D eigenvalue weighted by Gasteiger charge is -2.38. The molecular formula is C21H23Cl2N3O4. The highest BCUT2D eigenvalue weighted by molar-refractivity contribution is 6.42. The van der Waals surface area contributed by atoms with Gasteiger partial charge in [0, 0.05) is 31.8 Å². The van der Waals surface area contributed by atoms with E-state index in [9.17, 15) is 9.59 Å². The Bertz CT molecular complexity index is 892. The summed E-state index contributed by atoms with van der Waals surface area (Å²) < 4.78 is 11.1. The molecule has 1 aromatic carbocycles. The number of amides is 3. The smallest absolute Gasteiger partial charge is 0.410 e. The van der Waals surface area contributed by atoms with Gasteiger partial charge in [0.1, 0.15) is 12.4 Å². The minimum atomic E-state index is -0.361. The van der Waals surface area contributed by atoms with Gasteiger partial charge in [-0.15, -0.1) is 0 Å². The number of rotatable bonds is 6. The molecule has 1 saturated heterocycles. The second kappa shape index (κ2) is 10.4. The summed E-state index contributed by atoms with van der Waals surface area (Å²) in [5, 5.41) is 6.13. The summed E-state index contributed by atoms with van der Waals surface area (Å²) in [6.07, 6.45) is 7.74. The number of urea groups is 1. The van der Waals surface area contributed by atoms with Crippen LogP contribution in [0.15, 0.2) is 54.0 Å². The second-order valence-corrected chi connectivity index (χ2v) is 7.74. The predicted molar refractivity (Wildman–Crippen MR) is 115 cm³/mol. The zero-order chi connectivity index (χ0) is 21.5. The number of allylic oxidation sites excluding steroid dienone is 4. The zero-order valence-corrected chi connectivity index (χ0v) is 18.0. The Morgan fingerprint density at radius 2 is 1.97 bits per heavy atom. The van der Waals surface area contributed by atoms with Crippen LogP contribution in [-0.2, 0) is 16.1 Å². The van der Waals surface area contributed by atoms with Crippen molar-refractivity contribution in [1.29, 1.82) is 0 Å². The number of benzene rings is 1. The Hall–Kier alpha value is -2.64. The molecule has 7 nitrogen and oxygen atoms in total. The molecule has 1 heterocycles. The molecule has 2 aliphatic rings. The van der Waals surface area contributed by atoms with Gasteiger partial charge in [-0.1, -0.05) is 35.3 Å². The third-order valence-corrected chi connectivity index (χ3v) is 5.36. The Morgan fingerprint density at radius 1 is 1.17 bits per heavy atom. The third-order valence-electron chi connectivity index (χ3n) is 4.62. The molecule has 9 heteroatoms. The van der Waals surface area contributed by atoms with Gasteiger partial charge in [-0.05, 0) is 42.3 Å². The molecule has 0 radical (unpaired) electrons. The Balaban J connectivity index is 1.35. The molecule has 2 N–H and O–H groups in total. The van der Waals surface area contributed by atoms with E-state index in [-0.39, 0.29) is 24.6 Å². The minimum Gasteiger partial charge on any atom is -0.493 e. The van der Waals surface area contributed by atoms with Crippen LogP contribution in [0.3, 0.4) is 0 Å². The van der Waals surface area contributed by atoms with E-state index >= 15 is 0 Å².